The van der Waals surface area contributed by atoms with Crippen LogP contribution < -0.4 is 0 Å². The summed E-state index contributed by atoms with van der Waals surface area (Å²) in [5, 5.41) is 0. The fraction of sp³-hybridized carbons (Fsp3) is 0.857. The molecule has 5 heteroatoms. The number of carbonyl (C=O) groups excluding carboxylic acids is 2. The van der Waals surface area contributed by atoms with Crippen LogP contribution in [0, 0.1) is 5.92 Å². The van der Waals surface area contributed by atoms with Crippen LogP contribution in [0.1, 0.15) is 39.5 Å². The zero-order chi connectivity index (χ0) is 14.3. The van der Waals surface area contributed by atoms with E-state index in [1.807, 2.05) is 13.8 Å². The summed E-state index contributed by atoms with van der Waals surface area (Å²) in [7, 11) is 1.37. The highest BCUT2D eigenvalue weighted by Crippen LogP contribution is 2.31. The second kappa shape index (κ2) is 8.15. The predicted molar refractivity (Wildman–Crippen MR) is 71.6 cm³/mol. The Morgan fingerprint density at radius 2 is 1.95 bits per heavy atom. The average molecular weight is 271 g/mol. The molecule has 0 aromatic carbocycles. The third kappa shape index (κ3) is 6.57. The van der Waals surface area contributed by atoms with E-state index in [2.05, 4.69) is 4.74 Å². The molecule has 0 N–H and O–H groups in total. The fourth-order valence-corrected chi connectivity index (χ4v) is 1.82. The van der Waals surface area contributed by atoms with Gasteiger partial charge in [0.15, 0.2) is 0 Å². The van der Waals surface area contributed by atoms with Crippen molar-refractivity contribution < 1.29 is 19.1 Å². The van der Waals surface area contributed by atoms with E-state index in [9.17, 15) is 9.59 Å². The quantitative estimate of drug-likeness (QED) is 0.472. The highest BCUT2D eigenvalue weighted by molar-refractivity contribution is 5.81. The van der Waals surface area contributed by atoms with Crippen LogP contribution in [0.5, 0.6) is 0 Å². The molecular weight excluding hydrogens is 246 g/mol. The van der Waals surface area contributed by atoms with Gasteiger partial charge in [0.05, 0.1) is 19.6 Å². The van der Waals surface area contributed by atoms with Gasteiger partial charge < -0.3 is 14.4 Å². The van der Waals surface area contributed by atoms with E-state index in [0.717, 1.165) is 19.3 Å². The standard InChI is InChI=1S/C14H25NO4/c1-11(2)19-10-4-8-15(9-7-13(16)18-3)14(17)12-5-6-12/h11-12H,4-10H2,1-3H3. The Hall–Kier alpha value is -1.10. The van der Waals surface area contributed by atoms with Gasteiger partial charge in [0.1, 0.15) is 0 Å². The molecule has 0 unspecified atom stereocenters. The fourth-order valence-electron chi connectivity index (χ4n) is 1.82. The first-order valence-corrected chi connectivity index (χ1v) is 7.01. The van der Waals surface area contributed by atoms with Gasteiger partial charge in [-0.05, 0) is 33.1 Å². The van der Waals surface area contributed by atoms with Crippen molar-refractivity contribution in [3.8, 4) is 0 Å². The van der Waals surface area contributed by atoms with Gasteiger partial charge in [-0.15, -0.1) is 0 Å². The SMILES string of the molecule is COC(=O)CCN(CCCOC(C)C)C(=O)C1CC1. The summed E-state index contributed by atoms with van der Waals surface area (Å²) in [4.78, 5) is 25.0. The lowest BCUT2D eigenvalue weighted by Gasteiger charge is -2.22. The maximum atomic E-state index is 12.1. The van der Waals surface area contributed by atoms with Crippen LogP contribution in [-0.2, 0) is 19.1 Å². The molecule has 0 atom stereocenters. The Kier molecular flexibility index (Phi) is 6.84. The van der Waals surface area contributed by atoms with Crippen LogP contribution in [0.3, 0.4) is 0 Å². The second-order valence-electron chi connectivity index (χ2n) is 5.20. The number of amides is 1. The zero-order valence-electron chi connectivity index (χ0n) is 12.2. The van der Waals surface area contributed by atoms with Gasteiger partial charge in [-0.3, -0.25) is 9.59 Å². The molecule has 1 fully saturated rings. The predicted octanol–water partition coefficient (Wildman–Crippen LogP) is 1.60. The highest BCUT2D eigenvalue weighted by atomic mass is 16.5. The van der Waals surface area contributed by atoms with Gasteiger partial charge in [0.2, 0.25) is 5.91 Å². The second-order valence-corrected chi connectivity index (χ2v) is 5.20. The van der Waals surface area contributed by atoms with Crippen molar-refractivity contribution in [3.63, 3.8) is 0 Å². The van der Waals surface area contributed by atoms with Gasteiger partial charge in [-0.25, -0.2) is 0 Å². The molecule has 19 heavy (non-hydrogen) atoms. The van der Waals surface area contributed by atoms with Crippen molar-refractivity contribution in [1.82, 2.24) is 4.90 Å². The van der Waals surface area contributed by atoms with Crippen molar-refractivity contribution in [1.29, 1.82) is 0 Å². The van der Waals surface area contributed by atoms with E-state index in [0.29, 0.717) is 19.7 Å². The average Bonchev–Trinajstić information content (AvgIpc) is 3.20. The van der Waals surface area contributed by atoms with Crippen LogP contribution in [-0.4, -0.2) is 49.7 Å². The Balaban J connectivity index is 2.31. The van der Waals surface area contributed by atoms with E-state index in [1.54, 1.807) is 4.90 Å². The summed E-state index contributed by atoms with van der Waals surface area (Å²) in [6.07, 6.45) is 3.24. The van der Waals surface area contributed by atoms with Crippen LogP contribution >= 0.6 is 0 Å². The molecule has 0 spiro atoms. The molecule has 0 heterocycles. The van der Waals surface area contributed by atoms with E-state index < -0.39 is 0 Å². The molecule has 0 aliphatic heterocycles. The first-order valence-electron chi connectivity index (χ1n) is 7.01. The van der Waals surface area contributed by atoms with Crippen LogP contribution in [0.2, 0.25) is 0 Å². The summed E-state index contributed by atoms with van der Waals surface area (Å²) < 4.78 is 10.1. The molecule has 0 saturated heterocycles. The summed E-state index contributed by atoms with van der Waals surface area (Å²) in [5.74, 6) is 0.0872. The molecule has 1 aliphatic carbocycles. The Bertz CT molecular complexity index is 300. The van der Waals surface area contributed by atoms with Crippen LogP contribution in [0.4, 0.5) is 0 Å². The maximum Gasteiger partial charge on any atom is 0.307 e. The molecule has 5 nitrogen and oxygen atoms in total. The van der Waals surface area contributed by atoms with Gasteiger partial charge in [0.25, 0.3) is 0 Å². The van der Waals surface area contributed by atoms with Crippen LogP contribution in [0.25, 0.3) is 0 Å². The van der Waals surface area contributed by atoms with Gasteiger partial charge in [-0.2, -0.15) is 0 Å². The van der Waals surface area contributed by atoms with Crippen molar-refractivity contribution in [2.45, 2.75) is 45.6 Å². The number of nitrogens with zero attached hydrogens (tertiary/aromatic N) is 1. The Morgan fingerprint density at radius 3 is 2.47 bits per heavy atom. The summed E-state index contributed by atoms with van der Waals surface area (Å²) in [5.41, 5.74) is 0. The van der Waals surface area contributed by atoms with E-state index in [4.69, 9.17) is 4.74 Å². The number of rotatable bonds is 9. The van der Waals surface area contributed by atoms with Crippen molar-refractivity contribution >= 4 is 11.9 Å². The largest absolute Gasteiger partial charge is 0.469 e. The summed E-state index contributed by atoms with van der Waals surface area (Å²) in [6.45, 7) is 5.72. The first kappa shape index (κ1) is 16.0. The zero-order valence-corrected chi connectivity index (χ0v) is 12.2. The van der Waals surface area contributed by atoms with E-state index in [1.165, 1.54) is 7.11 Å². The van der Waals surface area contributed by atoms with Gasteiger partial charge in [0, 0.05) is 25.6 Å². The third-order valence-electron chi connectivity index (χ3n) is 3.08. The number of hydrogen-bond donors (Lipinski definition) is 0. The lowest BCUT2D eigenvalue weighted by atomic mass is 10.2. The molecule has 0 aromatic rings. The minimum Gasteiger partial charge on any atom is -0.469 e. The molecule has 110 valence electrons. The number of methoxy groups -OCH3 is 1. The summed E-state index contributed by atoms with van der Waals surface area (Å²) in [6, 6.07) is 0. The lowest BCUT2D eigenvalue weighted by Crippen LogP contribution is -2.35. The minimum absolute atomic E-state index is 0.174. The topological polar surface area (TPSA) is 55.8 Å². The van der Waals surface area contributed by atoms with E-state index in [-0.39, 0.29) is 30.3 Å². The number of esters is 1. The highest BCUT2D eigenvalue weighted by Gasteiger charge is 2.33. The first-order chi connectivity index (χ1) is 9.04. The van der Waals surface area contributed by atoms with Crippen molar-refractivity contribution in [2.75, 3.05) is 26.8 Å². The number of carbonyl (C=O) groups is 2. The number of ether oxygens (including phenoxy) is 2. The van der Waals surface area contributed by atoms with E-state index >= 15 is 0 Å². The normalized spacial score (nSPS) is 14.5. The van der Waals surface area contributed by atoms with Crippen molar-refractivity contribution in [2.24, 2.45) is 5.92 Å². The van der Waals surface area contributed by atoms with Gasteiger partial charge >= 0.3 is 5.97 Å². The monoisotopic (exact) mass is 271 g/mol. The molecular formula is C14H25NO4. The van der Waals surface area contributed by atoms with Crippen LogP contribution in [0.15, 0.2) is 0 Å². The molecule has 0 aromatic heterocycles. The third-order valence-corrected chi connectivity index (χ3v) is 3.08. The molecule has 1 saturated carbocycles. The molecule has 0 radical (unpaired) electrons. The lowest BCUT2D eigenvalue weighted by molar-refractivity contribution is -0.142. The molecule has 0 bridgehead atoms. The van der Waals surface area contributed by atoms with Gasteiger partial charge in [-0.1, -0.05) is 0 Å². The molecule has 1 amide bonds. The summed E-state index contributed by atoms with van der Waals surface area (Å²) >= 11 is 0. The minimum atomic E-state index is -0.271. The van der Waals surface area contributed by atoms with Crippen molar-refractivity contribution in [3.05, 3.63) is 0 Å². The Morgan fingerprint density at radius 1 is 1.26 bits per heavy atom. The smallest absolute Gasteiger partial charge is 0.307 e. The maximum absolute atomic E-state index is 12.1. The Labute approximate surface area is 115 Å². The number of hydrogen-bond acceptors (Lipinski definition) is 4. The molecule has 1 rings (SSSR count). The molecule has 1 aliphatic rings.